The van der Waals surface area contributed by atoms with Gasteiger partial charge in [0.2, 0.25) is 0 Å². The minimum absolute atomic E-state index is 0.188. The Morgan fingerprint density at radius 2 is 1.73 bits per heavy atom. The van der Waals surface area contributed by atoms with Crippen LogP contribution in [0.5, 0.6) is 0 Å². The Balaban J connectivity index is 3.13. The highest BCUT2D eigenvalue weighted by molar-refractivity contribution is 4.59. The van der Waals surface area contributed by atoms with E-state index in [-0.39, 0.29) is 12.2 Å². The van der Waals surface area contributed by atoms with Crippen LogP contribution in [0.3, 0.4) is 0 Å². The van der Waals surface area contributed by atoms with Crippen LogP contribution in [0.1, 0.15) is 39.0 Å². The van der Waals surface area contributed by atoms with Gasteiger partial charge in [0.1, 0.15) is 0 Å². The molecule has 0 aromatic carbocycles. The summed E-state index contributed by atoms with van der Waals surface area (Å²) in [6.07, 6.45) is 3.37. The molecular weight excluding hydrogens is 140 g/mol. The molecule has 0 aliphatic heterocycles. The Bertz CT molecular complexity index is 73.6. The molecule has 0 bridgehead atoms. The summed E-state index contributed by atoms with van der Waals surface area (Å²) in [6.45, 7) is 5.55. The Kier molecular flexibility index (Phi) is 6.57. The molecule has 2 unspecified atom stereocenters. The van der Waals surface area contributed by atoms with Gasteiger partial charge < -0.3 is 10.2 Å². The van der Waals surface area contributed by atoms with Gasteiger partial charge in [-0.1, -0.05) is 13.8 Å². The number of aliphatic hydroxyl groups is 2. The molecule has 2 atom stereocenters. The highest BCUT2D eigenvalue weighted by Crippen LogP contribution is 2.07. The summed E-state index contributed by atoms with van der Waals surface area (Å²) in [7, 11) is 0. The smallest absolute Gasteiger partial charge is 0.0540 e. The van der Waals surface area contributed by atoms with Gasteiger partial charge in [0.25, 0.3) is 0 Å². The zero-order valence-corrected chi connectivity index (χ0v) is 7.29. The predicted octanol–water partition coefficient (Wildman–Crippen LogP) is 1.51. The van der Waals surface area contributed by atoms with Gasteiger partial charge in [-0.3, -0.25) is 0 Å². The fraction of sp³-hybridized carbons (Fsp3) is 0.889. The second-order valence-corrected chi connectivity index (χ2v) is 2.94. The summed E-state index contributed by atoms with van der Waals surface area (Å²) in [4.78, 5) is 0. The molecule has 0 aliphatic carbocycles. The summed E-state index contributed by atoms with van der Waals surface area (Å²) in [5.74, 6) is 0. The third-order valence-electron chi connectivity index (χ3n) is 1.88. The Labute approximate surface area is 69.2 Å². The Morgan fingerprint density at radius 3 is 2.18 bits per heavy atom. The first-order chi connectivity index (χ1) is 5.20. The third kappa shape index (κ3) is 6.32. The van der Waals surface area contributed by atoms with Crippen molar-refractivity contribution in [1.82, 2.24) is 0 Å². The maximum absolute atomic E-state index is 9.15. The maximum Gasteiger partial charge on any atom is 0.0540 e. The van der Waals surface area contributed by atoms with E-state index in [1.165, 1.54) is 0 Å². The van der Waals surface area contributed by atoms with E-state index in [0.717, 1.165) is 25.7 Å². The molecule has 1 radical (unpaired) electrons. The van der Waals surface area contributed by atoms with Crippen LogP contribution >= 0.6 is 0 Å². The second kappa shape index (κ2) is 6.62. The first kappa shape index (κ1) is 10.9. The van der Waals surface area contributed by atoms with Gasteiger partial charge in [-0.25, -0.2) is 0 Å². The quantitative estimate of drug-likeness (QED) is 0.616. The highest BCUT2D eigenvalue weighted by Gasteiger charge is 2.03. The lowest BCUT2D eigenvalue weighted by Gasteiger charge is -2.09. The van der Waals surface area contributed by atoms with E-state index >= 15 is 0 Å². The summed E-state index contributed by atoms with van der Waals surface area (Å²) in [5.41, 5.74) is 0. The molecule has 2 N–H and O–H groups in total. The molecule has 0 fully saturated rings. The SMILES string of the molecule is [CH2]CC(O)CCCC(O)CC. The van der Waals surface area contributed by atoms with E-state index in [4.69, 9.17) is 10.2 Å². The number of aliphatic hydroxyl groups excluding tert-OH is 2. The minimum Gasteiger partial charge on any atom is -0.393 e. The Hall–Kier alpha value is -0.0800. The van der Waals surface area contributed by atoms with E-state index in [9.17, 15) is 0 Å². The zero-order valence-electron chi connectivity index (χ0n) is 7.29. The summed E-state index contributed by atoms with van der Waals surface area (Å²) < 4.78 is 0. The molecule has 0 saturated heterocycles. The molecule has 0 heterocycles. The predicted molar refractivity (Wildman–Crippen MR) is 46.1 cm³/mol. The lowest BCUT2D eigenvalue weighted by atomic mass is 10.1. The molecule has 0 rings (SSSR count). The molecule has 0 spiro atoms. The molecule has 11 heavy (non-hydrogen) atoms. The summed E-state index contributed by atoms with van der Waals surface area (Å²) >= 11 is 0. The van der Waals surface area contributed by atoms with Crippen molar-refractivity contribution in [2.24, 2.45) is 0 Å². The van der Waals surface area contributed by atoms with Crippen molar-refractivity contribution >= 4 is 0 Å². The molecule has 67 valence electrons. The van der Waals surface area contributed by atoms with Crippen LogP contribution in [0.15, 0.2) is 0 Å². The van der Waals surface area contributed by atoms with Crippen molar-refractivity contribution in [3.63, 3.8) is 0 Å². The number of rotatable bonds is 6. The zero-order chi connectivity index (χ0) is 8.69. The largest absolute Gasteiger partial charge is 0.393 e. The van der Waals surface area contributed by atoms with Crippen LogP contribution in [0.25, 0.3) is 0 Å². The number of hydrogen-bond donors (Lipinski definition) is 2. The number of hydrogen-bond acceptors (Lipinski definition) is 2. The molecule has 0 aliphatic rings. The molecule has 2 heteroatoms. The average molecular weight is 159 g/mol. The lowest BCUT2D eigenvalue weighted by Crippen LogP contribution is -2.08. The maximum atomic E-state index is 9.15. The molecule has 0 aromatic rings. The van der Waals surface area contributed by atoms with Crippen molar-refractivity contribution in [3.05, 3.63) is 6.92 Å². The van der Waals surface area contributed by atoms with E-state index in [1.807, 2.05) is 6.92 Å². The highest BCUT2D eigenvalue weighted by atomic mass is 16.3. The fourth-order valence-electron chi connectivity index (χ4n) is 0.938. The van der Waals surface area contributed by atoms with Crippen LogP contribution < -0.4 is 0 Å². The van der Waals surface area contributed by atoms with Crippen molar-refractivity contribution in [3.8, 4) is 0 Å². The molecule has 0 aromatic heterocycles. The van der Waals surface area contributed by atoms with E-state index < -0.39 is 0 Å². The van der Waals surface area contributed by atoms with Crippen LogP contribution in [-0.4, -0.2) is 22.4 Å². The molecule has 2 nitrogen and oxygen atoms in total. The molecule has 0 saturated carbocycles. The summed E-state index contributed by atoms with van der Waals surface area (Å²) in [6, 6.07) is 0. The lowest BCUT2D eigenvalue weighted by molar-refractivity contribution is 0.133. The van der Waals surface area contributed by atoms with Crippen LogP contribution in [0.4, 0.5) is 0 Å². The standard InChI is InChI=1S/C9H19O2/c1-3-8(10)6-5-7-9(11)4-2/h8-11H,1,3-7H2,2H3. The average Bonchev–Trinajstić information content (AvgIpc) is 2.04. The van der Waals surface area contributed by atoms with Crippen molar-refractivity contribution in [2.45, 2.75) is 51.2 Å². The van der Waals surface area contributed by atoms with E-state index in [2.05, 4.69) is 6.92 Å². The monoisotopic (exact) mass is 159 g/mol. The second-order valence-electron chi connectivity index (χ2n) is 2.94. The first-order valence-electron chi connectivity index (χ1n) is 4.36. The topological polar surface area (TPSA) is 40.5 Å². The Morgan fingerprint density at radius 1 is 1.18 bits per heavy atom. The van der Waals surface area contributed by atoms with Gasteiger partial charge in [-0.15, -0.1) is 0 Å². The van der Waals surface area contributed by atoms with Gasteiger partial charge in [0, 0.05) is 0 Å². The van der Waals surface area contributed by atoms with Gasteiger partial charge in [0.15, 0.2) is 0 Å². The summed E-state index contributed by atoms with van der Waals surface area (Å²) in [5, 5.41) is 18.2. The minimum atomic E-state index is -0.279. The van der Waals surface area contributed by atoms with E-state index in [1.54, 1.807) is 0 Å². The van der Waals surface area contributed by atoms with Gasteiger partial charge in [-0.05, 0) is 32.1 Å². The van der Waals surface area contributed by atoms with Crippen LogP contribution in [-0.2, 0) is 0 Å². The van der Waals surface area contributed by atoms with Gasteiger partial charge in [0.05, 0.1) is 12.2 Å². The van der Waals surface area contributed by atoms with Crippen molar-refractivity contribution in [1.29, 1.82) is 0 Å². The van der Waals surface area contributed by atoms with Gasteiger partial charge >= 0.3 is 0 Å². The van der Waals surface area contributed by atoms with Gasteiger partial charge in [-0.2, -0.15) is 0 Å². The van der Waals surface area contributed by atoms with E-state index in [0.29, 0.717) is 6.42 Å². The van der Waals surface area contributed by atoms with Crippen molar-refractivity contribution in [2.75, 3.05) is 0 Å². The molecular formula is C9H19O2. The first-order valence-corrected chi connectivity index (χ1v) is 4.36. The normalized spacial score (nSPS) is 16.4. The third-order valence-corrected chi connectivity index (χ3v) is 1.88. The fourth-order valence-corrected chi connectivity index (χ4v) is 0.938. The molecule has 0 amide bonds. The van der Waals surface area contributed by atoms with Crippen molar-refractivity contribution < 1.29 is 10.2 Å². The van der Waals surface area contributed by atoms with Crippen LogP contribution in [0, 0.1) is 6.92 Å². The van der Waals surface area contributed by atoms with Crippen LogP contribution in [0.2, 0.25) is 0 Å².